The minimum Gasteiger partial charge on any atom is -0.321 e. The summed E-state index contributed by atoms with van der Waals surface area (Å²) in [5, 5.41) is 6.99. The van der Waals surface area contributed by atoms with Crippen molar-refractivity contribution >= 4 is 50.3 Å². The van der Waals surface area contributed by atoms with E-state index in [0.717, 1.165) is 10.6 Å². The monoisotopic (exact) mass is 491 g/mol. The van der Waals surface area contributed by atoms with E-state index in [2.05, 4.69) is 16.8 Å². The number of hydrogen-bond donors (Lipinski definition) is 1. The first kappa shape index (κ1) is 21.6. The number of sulfone groups is 1. The maximum Gasteiger partial charge on any atom is 0.255 e. The normalized spacial score (nSPS) is 13.8. The van der Waals surface area contributed by atoms with Crippen LogP contribution in [0.2, 0.25) is 0 Å². The highest BCUT2D eigenvalue weighted by molar-refractivity contribution is 7.98. The van der Waals surface area contributed by atoms with Gasteiger partial charge < -0.3 is 5.32 Å². The number of carbonyl (C=O) groups is 2. The fraction of sp³-hybridized carbons (Fsp3) is 0.0400. The molecule has 4 aromatic rings. The van der Waals surface area contributed by atoms with E-state index in [-0.39, 0.29) is 32.3 Å². The summed E-state index contributed by atoms with van der Waals surface area (Å²) in [6.07, 6.45) is 0. The van der Waals surface area contributed by atoms with Gasteiger partial charge in [0, 0.05) is 27.3 Å². The lowest BCUT2D eigenvalue weighted by molar-refractivity contribution is 0.101. The van der Waals surface area contributed by atoms with Crippen molar-refractivity contribution in [3.05, 3.63) is 106 Å². The van der Waals surface area contributed by atoms with Crippen molar-refractivity contribution in [2.45, 2.75) is 20.4 Å². The van der Waals surface area contributed by atoms with E-state index in [4.69, 9.17) is 0 Å². The van der Waals surface area contributed by atoms with Gasteiger partial charge in [-0.05, 0) is 64.9 Å². The Kier molecular flexibility index (Phi) is 5.65. The van der Waals surface area contributed by atoms with Crippen LogP contribution in [0.25, 0.3) is 0 Å². The molecule has 0 saturated heterocycles. The number of nitrogens with one attached hydrogen (secondary N) is 1. The number of benzene rings is 3. The van der Waals surface area contributed by atoms with Crippen molar-refractivity contribution in [3.63, 3.8) is 0 Å². The number of thioether (sulfide) groups is 1. The average molecular weight is 492 g/mol. The zero-order chi connectivity index (χ0) is 23.0. The molecular formula is C25H17NO4S3. The molecule has 1 aliphatic rings. The van der Waals surface area contributed by atoms with Crippen LogP contribution in [-0.4, -0.2) is 20.1 Å². The Hall–Kier alpha value is -3.20. The molecule has 0 bridgehead atoms. The van der Waals surface area contributed by atoms with Gasteiger partial charge in [0.25, 0.3) is 5.91 Å². The summed E-state index contributed by atoms with van der Waals surface area (Å²) in [6.45, 7) is 0. The van der Waals surface area contributed by atoms with Gasteiger partial charge in [0.15, 0.2) is 5.78 Å². The summed E-state index contributed by atoms with van der Waals surface area (Å²) in [7, 11) is -3.91. The molecule has 1 amide bonds. The number of para-hydroxylation sites is 1. The number of thiophene rings is 1. The molecule has 0 atom stereocenters. The molecule has 3 aromatic carbocycles. The summed E-state index contributed by atoms with van der Waals surface area (Å²) >= 11 is 3.25. The van der Waals surface area contributed by atoms with Crippen LogP contribution in [0.1, 0.15) is 31.8 Å². The number of fused-ring (bicyclic) bond motifs is 2. The second kappa shape index (κ2) is 8.62. The van der Waals surface area contributed by atoms with Crippen LogP contribution in [0.15, 0.2) is 98.2 Å². The molecule has 0 fully saturated rings. The Morgan fingerprint density at radius 3 is 2.48 bits per heavy atom. The first-order valence-corrected chi connectivity index (χ1v) is 13.4. The number of hydrogen-bond acceptors (Lipinski definition) is 6. The van der Waals surface area contributed by atoms with Crippen molar-refractivity contribution < 1.29 is 18.0 Å². The molecular weight excluding hydrogens is 474 g/mol. The van der Waals surface area contributed by atoms with Gasteiger partial charge in [0.05, 0.1) is 15.5 Å². The molecule has 164 valence electrons. The van der Waals surface area contributed by atoms with Crippen LogP contribution in [0, 0.1) is 0 Å². The van der Waals surface area contributed by atoms with Gasteiger partial charge in [-0.3, -0.25) is 9.59 Å². The van der Waals surface area contributed by atoms with E-state index in [1.54, 1.807) is 35.2 Å². The third kappa shape index (κ3) is 4.01. The lowest BCUT2D eigenvalue weighted by Crippen LogP contribution is -2.21. The molecule has 0 saturated carbocycles. The number of carbonyl (C=O) groups excluding carboxylic acids is 2. The Balaban J connectivity index is 1.44. The topological polar surface area (TPSA) is 80.3 Å². The molecule has 8 heteroatoms. The van der Waals surface area contributed by atoms with Crippen molar-refractivity contribution in [1.82, 2.24) is 0 Å². The van der Waals surface area contributed by atoms with E-state index in [9.17, 15) is 18.0 Å². The molecule has 0 unspecified atom stereocenters. The van der Waals surface area contributed by atoms with Crippen LogP contribution in [0.5, 0.6) is 0 Å². The number of rotatable bonds is 5. The van der Waals surface area contributed by atoms with Crippen LogP contribution in [0.3, 0.4) is 0 Å². The highest BCUT2D eigenvalue weighted by Crippen LogP contribution is 2.35. The SMILES string of the molecule is O=C(Nc1ccccc1SCc1ccsc1)c1ccc2c(c1)S(=O)(=O)c1ccccc1C2=O. The lowest BCUT2D eigenvalue weighted by Gasteiger charge is -2.19. The fourth-order valence-electron chi connectivity index (χ4n) is 3.65. The Morgan fingerprint density at radius 2 is 1.67 bits per heavy atom. The Morgan fingerprint density at radius 1 is 0.909 bits per heavy atom. The molecule has 2 heterocycles. The molecule has 33 heavy (non-hydrogen) atoms. The molecule has 1 aliphatic heterocycles. The molecule has 0 radical (unpaired) electrons. The smallest absolute Gasteiger partial charge is 0.255 e. The minimum absolute atomic E-state index is 0.0322. The van der Waals surface area contributed by atoms with Crippen molar-refractivity contribution in [2.75, 3.05) is 5.32 Å². The van der Waals surface area contributed by atoms with E-state index in [1.807, 2.05) is 29.6 Å². The third-order valence-electron chi connectivity index (χ3n) is 5.31. The second-order valence-corrected chi connectivity index (χ2v) is 11.1. The maximum atomic E-state index is 13.1. The van der Waals surface area contributed by atoms with E-state index >= 15 is 0 Å². The first-order valence-electron chi connectivity index (χ1n) is 10.0. The van der Waals surface area contributed by atoms with Gasteiger partial charge in [-0.25, -0.2) is 8.42 Å². The van der Waals surface area contributed by atoms with Crippen LogP contribution in [-0.2, 0) is 15.6 Å². The Bertz CT molecular complexity index is 1490. The van der Waals surface area contributed by atoms with E-state index < -0.39 is 15.7 Å². The van der Waals surface area contributed by atoms with Crippen molar-refractivity contribution in [2.24, 2.45) is 0 Å². The molecule has 1 aromatic heterocycles. The molecule has 0 aliphatic carbocycles. The standard InChI is InChI=1S/C25H17NO4S3/c27-24-18-5-1-4-8-22(18)33(29,30)23-13-17(9-10-19(23)24)25(28)26-20-6-2-3-7-21(20)32-15-16-11-12-31-14-16/h1-14H,15H2,(H,26,28). The predicted molar refractivity (Wildman–Crippen MR) is 130 cm³/mol. The lowest BCUT2D eigenvalue weighted by atomic mass is 10.0. The highest BCUT2D eigenvalue weighted by Gasteiger charge is 2.35. The summed E-state index contributed by atoms with van der Waals surface area (Å²) in [4.78, 5) is 26.6. The maximum absolute atomic E-state index is 13.1. The van der Waals surface area contributed by atoms with Gasteiger partial charge >= 0.3 is 0 Å². The summed E-state index contributed by atoms with van der Waals surface area (Å²) in [6, 6.07) is 19.8. The number of anilines is 1. The van der Waals surface area contributed by atoms with Gasteiger partial charge in [0.1, 0.15) is 0 Å². The largest absolute Gasteiger partial charge is 0.321 e. The molecule has 0 spiro atoms. The van der Waals surface area contributed by atoms with Gasteiger partial charge in [0.2, 0.25) is 9.84 Å². The predicted octanol–water partition coefficient (Wildman–Crippen LogP) is 5.67. The molecule has 5 rings (SSSR count). The number of amides is 1. The quantitative estimate of drug-likeness (QED) is 0.321. The van der Waals surface area contributed by atoms with Crippen LogP contribution >= 0.6 is 23.1 Å². The molecule has 5 nitrogen and oxygen atoms in total. The second-order valence-electron chi connectivity index (χ2n) is 7.41. The third-order valence-corrected chi connectivity index (χ3v) is 9.04. The summed E-state index contributed by atoms with van der Waals surface area (Å²) in [5.74, 6) is -0.0323. The zero-order valence-electron chi connectivity index (χ0n) is 17.1. The van der Waals surface area contributed by atoms with E-state index in [1.165, 1.54) is 35.9 Å². The van der Waals surface area contributed by atoms with Gasteiger partial charge in [-0.2, -0.15) is 11.3 Å². The Labute approximate surface area is 199 Å². The highest BCUT2D eigenvalue weighted by atomic mass is 32.2. The van der Waals surface area contributed by atoms with Crippen LogP contribution in [0.4, 0.5) is 5.69 Å². The summed E-state index contributed by atoms with van der Waals surface area (Å²) < 4.78 is 26.3. The van der Waals surface area contributed by atoms with Gasteiger partial charge in [-0.1, -0.05) is 24.3 Å². The number of ketones is 1. The zero-order valence-corrected chi connectivity index (χ0v) is 19.6. The summed E-state index contributed by atoms with van der Waals surface area (Å²) in [5.41, 5.74) is 2.25. The van der Waals surface area contributed by atoms with Crippen molar-refractivity contribution in [1.29, 1.82) is 0 Å². The van der Waals surface area contributed by atoms with Crippen LogP contribution < -0.4 is 5.32 Å². The minimum atomic E-state index is -3.91. The van der Waals surface area contributed by atoms with E-state index in [0.29, 0.717) is 5.69 Å². The average Bonchev–Trinajstić information content (AvgIpc) is 3.36. The van der Waals surface area contributed by atoms with Crippen molar-refractivity contribution in [3.8, 4) is 0 Å². The molecule has 1 N–H and O–H groups in total. The van der Waals surface area contributed by atoms with Gasteiger partial charge in [-0.15, -0.1) is 11.8 Å². The fourth-order valence-corrected chi connectivity index (χ4v) is 7.05. The first-order chi connectivity index (χ1) is 15.9.